The smallest absolute Gasteiger partial charge is 0.109 e. The van der Waals surface area contributed by atoms with E-state index in [2.05, 4.69) is 0 Å². The summed E-state index contributed by atoms with van der Waals surface area (Å²) in [6, 6.07) is 0.116. The van der Waals surface area contributed by atoms with Gasteiger partial charge in [-0.3, -0.25) is 0 Å². The lowest BCUT2D eigenvalue weighted by atomic mass is 10.1. The molecular formula is C6H12FN. The lowest BCUT2D eigenvalue weighted by Gasteiger charge is -2.09. The van der Waals surface area contributed by atoms with Crippen molar-refractivity contribution in [2.45, 2.75) is 37.9 Å². The summed E-state index contributed by atoms with van der Waals surface area (Å²) >= 11 is 0. The fraction of sp³-hybridized carbons (Fsp3) is 1.00. The van der Waals surface area contributed by atoms with Gasteiger partial charge in [0.05, 0.1) is 0 Å². The van der Waals surface area contributed by atoms with Crippen LogP contribution in [-0.4, -0.2) is 11.7 Å². The number of nitrogens with two attached hydrogens (primary N) is 1. The Kier molecular flexibility index (Phi) is 1.27. The predicted octanol–water partition coefficient (Wildman–Crippen LogP) is 1.23. The first-order chi connectivity index (χ1) is 3.60. The third kappa shape index (κ3) is 1.19. The maximum absolute atomic E-state index is 12.8. The highest BCUT2D eigenvalue weighted by molar-refractivity contribution is 4.87. The third-order valence-corrected chi connectivity index (χ3v) is 1.72. The molecule has 0 aromatic rings. The highest BCUT2D eigenvalue weighted by Crippen LogP contribution is 2.31. The SMILES string of the molecule is CC1(F)CCC(N)C1. The molecule has 48 valence electrons. The lowest BCUT2D eigenvalue weighted by molar-refractivity contribution is 0.197. The molecule has 0 saturated heterocycles. The molecule has 0 spiro atoms. The van der Waals surface area contributed by atoms with Crippen LogP contribution < -0.4 is 5.73 Å². The molecule has 0 radical (unpaired) electrons. The molecular weight excluding hydrogens is 105 g/mol. The van der Waals surface area contributed by atoms with Crippen molar-refractivity contribution in [3.63, 3.8) is 0 Å². The van der Waals surface area contributed by atoms with Gasteiger partial charge in [-0.1, -0.05) is 0 Å². The van der Waals surface area contributed by atoms with Gasteiger partial charge in [-0.15, -0.1) is 0 Å². The fourth-order valence-electron chi connectivity index (χ4n) is 1.24. The Bertz CT molecular complexity index is 90.5. The molecule has 8 heavy (non-hydrogen) atoms. The van der Waals surface area contributed by atoms with E-state index in [0.717, 1.165) is 6.42 Å². The molecule has 1 nitrogen and oxygen atoms in total. The summed E-state index contributed by atoms with van der Waals surface area (Å²) in [7, 11) is 0. The maximum atomic E-state index is 12.8. The van der Waals surface area contributed by atoms with E-state index in [1.165, 1.54) is 0 Å². The van der Waals surface area contributed by atoms with E-state index in [4.69, 9.17) is 5.73 Å². The van der Waals surface area contributed by atoms with Crippen LogP contribution in [0, 0.1) is 0 Å². The van der Waals surface area contributed by atoms with E-state index in [0.29, 0.717) is 12.8 Å². The number of hydrogen-bond acceptors (Lipinski definition) is 1. The van der Waals surface area contributed by atoms with Gasteiger partial charge in [0.25, 0.3) is 0 Å². The molecule has 1 rings (SSSR count). The van der Waals surface area contributed by atoms with Gasteiger partial charge in [0, 0.05) is 6.04 Å². The highest BCUT2D eigenvalue weighted by atomic mass is 19.1. The van der Waals surface area contributed by atoms with Crippen molar-refractivity contribution in [2.24, 2.45) is 5.73 Å². The lowest BCUT2D eigenvalue weighted by Crippen LogP contribution is -2.19. The zero-order valence-electron chi connectivity index (χ0n) is 5.15. The van der Waals surface area contributed by atoms with Gasteiger partial charge >= 0.3 is 0 Å². The Morgan fingerprint density at radius 3 is 2.50 bits per heavy atom. The van der Waals surface area contributed by atoms with Crippen LogP contribution in [0.4, 0.5) is 4.39 Å². The molecule has 2 atom stereocenters. The molecule has 0 amide bonds. The van der Waals surface area contributed by atoms with Gasteiger partial charge in [0.15, 0.2) is 0 Å². The van der Waals surface area contributed by atoms with Gasteiger partial charge in [-0.25, -0.2) is 4.39 Å². The van der Waals surface area contributed by atoms with Crippen LogP contribution in [0.3, 0.4) is 0 Å². The standard InChI is InChI=1S/C6H12FN/c1-6(7)3-2-5(8)4-6/h5H,2-4,8H2,1H3. The first-order valence-electron chi connectivity index (χ1n) is 3.05. The van der Waals surface area contributed by atoms with Crippen LogP contribution in [0.5, 0.6) is 0 Å². The van der Waals surface area contributed by atoms with Gasteiger partial charge in [-0.05, 0) is 26.2 Å². The van der Waals surface area contributed by atoms with Gasteiger partial charge in [0.2, 0.25) is 0 Å². The molecule has 1 aliphatic rings. The van der Waals surface area contributed by atoms with Crippen LogP contribution in [0.2, 0.25) is 0 Å². The van der Waals surface area contributed by atoms with E-state index < -0.39 is 5.67 Å². The Labute approximate surface area is 49.1 Å². The summed E-state index contributed by atoms with van der Waals surface area (Å²) in [5.41, 5.74) is 4.51. The first-order valence-corrected chi connectivity index (χ1v) is 3.05. The van der Waals surface area contributed by atoms with Crippen molar-refractivity contribution in [3.05, 3.63) is 0 Å². The van der Waals surface area contributed by atoms with E-state index in [1.807, 2.05) is 0 Å². The Morgan fingerprint density at radius 1 is 1.75 bits per heavy atom. The van der Waals surface area contributed by atoms with Crippen LogP contribution in [-0.2, 0) is 0 Å². The quantitative estimate of drug-likeness (QED) is 0.507. The van der Waals surface area contributed by atoms with Crippen LogP contribution in [0.1, 0.15) is 26.2 Å². The van der Waals surface area contributed by atoms with Crippen LogP contribution in [0.15, 0.2) is 0 Å². The molecule has 0 bridgehead atoms. The molecule has 1 aliphatic carbocycles. The summed E-state index contributed by atoms with van der Waals surface area (Å²) in [5.74, 6) is 0. The normalized spacial score (nSPS) is 47.6. The highest BCUT2D eigenvalue weighted by Gasteiger charge is 2.32. The zero-order chi connectivity index (χ0) is 6.20. The summed E-state index contributed by atoms with van der Waals surface area (Å²) in [4.78, 5) is 0. The number of halogens is 1. The predicted molar refractivity (Wildman–Crippen MR) is 31.3 cm³/mol. The van der Waals surface area contributed by atoms with Crippen molar-refractivity contribution in [1.29, 1.82) is 0 Å². The Balaban J connectivity index is 2.44. The summed E-state index contributed by atoms with van der Waals surface area (Å²) in [5, 5.41) is 0. The first kappa shape index (κ1) is 6.02. The number of hydrogen-bond donors (Lipinski definition) is 1. The molecule has 2 N–H and O–H groups in total. The molecule has 2 unspecified atom stereocenters. The maximum Gasteiger partial charge on any atom is 0.109 e. The van der Waals surface area contributed by atoms with E-state index in [-0.39, 0.29) is 6.04 Å². The monoisotopic (exact) mass is 117 g/mol. The second-order valence-electron chi connectivity index (χ2n) is 2.92. The fourth-order valence-corrected chi connectivity index (χ4v) is 1.24. The molecule has 1 saturated carbocycles. The summed E-state index contributed by atoms with van der Waals surface area (Å²) in [6.45, 7) is 1.62. The largest absolute Gasteiger partial charge is 0.328 e. The van der Waals surface area contributed by atoms with Crippen molar-refractivity contribution < 1.29 is 4.39 Å². The van der Waals surface area contributed by atoms with Crippen LogP contribution in [0.25, 0.3) is 0 Å². The topological polar surface area (TPSA) is 26.0 Å². The van der Waals surface area contributed by atoms with Crippen LogP contribution >= 0.6 is 0 Å². The molecule has 0 aromatic heterocycles. The molecule has 1 fully saturated rings. The molecule has 2 heteroatoms. The number of rotatable bonds is 0. The van der Waals surface area contributed by atoms with Gasteiger partial charge in [-0.2, -0.15) is 0 Å². The second kappa shape index (κ2) is 1.69. The minimum absolute atomic E-state index is 0.116. The Hall–Kier alpha value is -0.110. The summed E-state index contributed by atoms with van der Waals surface area (Å²) < 4.78 is 12.8. The van der Waals surface area contributed by atoms with Crippen molar-refractivity contribution in [2.75, 3.05) is 0 Å². The molecule has 0 aromatic carbocycles. The van der Waals surface area contributed by atoms with Crippen molar-refractivity contribution in [3.8, 4) is 0 Å². The number of alkyl halides is 1. The van der Waals surface area contributed by atoms with Crippen molar-refractivity contribution >= 4 is 0 Å². The van der Waals surface area contributed by atoms with E-state index in [9.17, 15) is 4.39 Å². The minimum atomic E-state index is -0.959. The average molecular weight is 117 g/mol. The molecule has 0 aliphatic heterocycles. The molecule has 0 heterocycles. The zero-order valence-corrected chi connectivity index (χ0v) is 5.15. The Morgan fingerprint density at radius 2 is 2.38 bits per heavy atom. The summed E-state index contributed by atoms with van der Waals surface area (Å²) in [6.07, 6.45) is 2.05. The second-order valence-corrected chi connectivity index (χ2v) is 2.92. The van der Waals surface area contributed by atoms with Gasteiger partial charge < -0.3 is 5.73 Å². The third-order valence-electron chi connectivity index (χ3n) is 1.72. The van der Waals surface area contributed by atoms with Crippen molar-refractivity contribution in [1.82, 2.24) is 0 Å². The van der Waals surface area contributed by atoms with E-state index in [1.54, 1.807) is 6.92 Å². The average Bonchev–Trinajstić information content (AvgIpc) is 1.82. The van der Waals surface area contributed by atoms with Gasteiger partial charge in [0.1, 0.15) is 5.67 Å². The van der Waals surface area contributed by atoms with E-state index >= 15 is 0 Å². The minimum Gasteiger partial charge on any atom is -0.328 e.